The summed E-state index contributed by atoms with van der Waals surface area (Å²) in [7, 11) is 2.17. The minimum atomic E-state index is -0.870. The van der Waals surface area contributed by atoms with E-state index in [1.165, 1.54) is 17.8 Å². The van der Waals surface area contributed by atoms with Gasteiger partial charge >= 0.3 is 0 Å². The summed E-state index contributed by atoms with van der Waals surface area (Å²) in [5.74, 6) is -0.678. The van der Waals surface area contributed by atoms with Crippen LogP contribution in [0.1, 0.15) is 77.5 Å². The van der Waals surface area contributed by atoms with Gasteiger partial charge in [0, 0.05) is 48.2 Å². The Labute approximate surface area is 290 Å². The molecule has 2 saturated heterocycles. The van der Waals surface area contributed by atoms with Crippen LogP contribution in [0, 0.1) is 11.7 Å². The normalized spacial score (nSPS) is 30.1. The molecule has 8 nitrogen and oxygen atoms in total. The van der Waals surface area contributed by atoms with Crippen molar-refractivity contribution in [2.75, 3.05) is 20.1 Å². The molecular weight excluding hydrogens is 658 g/mol. The number of halogens is 3. The highest BCUT2D eigenvalue weighted by atomic mass is 35.5. The predicted octanol–water partition coefficient (Wildman–Crippen LogP) is 6.84. The number of aromatic nitrogens is 1. The molecule has 0 bridgehead atoms. The Morgan fingerprint density at radius 1 is 1.09 bits per heavy atom. The lowest BCUT2D eigenvalue weighted by Gasteiger charge is -2.46. The molecule has 3 fully saturated rings. The number of rotatable bonds is 5. The van der Waals surface area contributed by atoms with Gasteiger partial charge in [-0.05, 0) is 94.9 Å². The Balaban J connectivity index is 1.26. The van der Waals surface area contributed by atoms with Crippen molar-refractivity contribution in [3.05, 3.63) is 74.3 Å². The van der Waals surface area contributed by atoms with E-state index in [0.717, 1.165) is 37.1 Å². The van der Waals surface area contributed by atoms with Gasteiger partial charge in [0.15, 0.2) is 5.17 Å². The lowest BCUT2D eigenvalue weighted by atomic mass is 9.81. The van der Waals surface area contributed by atoms with E-state index in [1.807, 2.05) is 35.8 Å². The van der Waals surface area contributed by atoms with Crippen molar-refractivity contribution in [2.45, 2.75) is 95.5 Å². The van der Waals surface area contributed by atoms with E-state index in [4.69, 9.17) is 28.2 Å². The molecule has 1 spiro atoms. The van der Waals surface area contributed by atoms with E-state index in [-0.39, 0.29) is 40.4 Å². The number of aliphatic imine (C=N–C) groups is 1. The SMILES string of the molecule is CC(C)C1=C(C(=O)N2[C@H](C)CC[C@H]2C(=O)N2C[C@H](C)N(C)C3(CC3)C2)SC2=N[C@@](C)(c3ccc(Cl)nc3)[C@@H](c3ccc(Cl)c(F)c3)N21. The first-order chi connectivity index (χ1) is 22.3. The number of benzene rings is 1. The summed E-state index contributed by atoms with van der Waals surface area (Å²) in [5, 5.41) is 1.06. The van der Waals surface area contributed by atoms with Crippen LogP contribution in [0.2, 0.25) is 10.2 Å². The van der Waals surface area contributed by atoms with Crippen molar-refractivity contribution in [3.8, 4) is 0 Å². The summed E-state index contributed by atoms with van der Waals surface area (Å²) in [6, 6.07) is 7.65. The average molecular weight is 700 g/mol. The van der Waals surface area contributed by atoms with Crippen LogP contribution in [-0.2, 0) is 15.1 Å². The van der Waals surface area contributed by atoms with E-state index >= 15 is 4.39 Å². The molecular formula is C35H41Cl2FN6O2S. The Morgan fingerprint density at radius 3 is 2.47 bits per heavy atom. The highest BCUT2D eigenvalue weighted by Crippen LogP contribution is 2.56. The van der Waals surface area contributed by atoms with E-state index in [2.05, 4.69) is 42.6 Å². The molecule has 4 aliphatic heterocycles. The van der Waals surface area contributed by atoms with Gasteiger partial charge in [-0.25, -0.2) is 14.4 Å². The molecule has 250 valence electrons. The molecule has 2 aromatic rings. The van der Waals surface area contributed by atoms with Gasteiger partial charge in [0.05, 0.1) is 11.1 Å². The molecule has 5 atom stereocenters. The Kier molecular flexibility index (Phi) is 8.21. The summed E-state index contributed by atoms with van der Waals surface area (Å²) in [6.45, 7) is 11.7. The molecule has 2 amide bonds. The minimum absolute atomic E-state index is 0.0371. The van der Waals surface area contributed by atoms with Crippen LogP contribution in [0.4, 0.5) is 4.39 Å². The number of thioether (sulfide) groups is 1. The van der Waals surface area contributed by atoms with Crippen molar-refractivity contribution < 1.29 is 14.0 Å². The summed E-state index contributed by atoms with van der Waals surface area (Å²) in [6.07, 6.45) is 5.32. The number of hydrogen-bond acceptors (Lipinski definition) is 7. The fourth-order valence-corrected chi connectivity index (χ4v) is 9.73. The van der Waals surface area contributed by atoms with Gasteiger partial charge in [0.2, 0.25) is 5.91 Å². The number of fused-ring (bicyclic) bond motifs is 1. The van der Waals surface area contributed by atoms with Gasteiger partial charge in [-0.3, -0.25) is 14.5 Å². The quantitative estimate of drug-likeness (QED) is 0.319. The van der Waals surface area contributed by atoms with Crippen molar-refractivity contribution in [2.24, 2.45) is 10.9 Å². The van der Waals surface area contributed by atoms with E-state index in [0.29, 0.717) is 33.8 Å². The van der Waals surface area contributed by atoms with Crippen molar-refractivity contribution in [1.82, 2.24) is 24.6 Å². The second-order valence-corrected chi connectivity index (χ2v) is 16.2. The van der Waals surface area contributed by atoms with Crippen LogP contribution in [0.15, 0.2) is 52.1 Å². The molecule has 0 radical (unpaired) electrons. The topological polar surface area (TPSA) is 72.4 Å². The van der Waals surface area contributed by atoms with Crippen LogP contribution in [0.25, 0.3) is 0 Å². The third-order valence-corrected chi connectivity index (χ3v) is 12.6. The van der Waals surface area contributed by atoms with Crippen LogP contribution in [0.3, 0.4) is 0 Å². The molecule has 12 heteroatoms. The van der Waals surface area contributed by atoms with E-state index < -0.39 is 23.4 Å². The summed E-state index contributed by atoms with van der Waals surface area (Å²) in [5.41, 5.74) is 1.52. The number of hydrogen-bond donors (Lipinski definition) is 0. The molecule has 1 aliphatic carbocycles. The second-order valence-electron chi connectivity index (χ2n) is 14.4. The molecule has 5 heterocycles. The first kappa shape index (κ1) is 32.9. The molecule has 0 N–H and O–H groups in total. The Bertz CT molecular complexity index is 1700. The van der Waals surface area contributed by atoms with Crippen LogP contribution in [-0.4, -0.2) is 85.4 Å². The number of amidine groups is 1. The first-order valence-electron chi connectivity index (χ1n) is 16.5. The zero-order valence-electron chi connectivity index (χ0n) is 27.6. The van der Waals surface area contributed by atoms with Gasteiger partial charge in [0.1, 0.15) is 27.5 Å². The number of likely N-dealkylation sites (N-methyl/N-ethyl adjacent to an activating group) is 1. The summed E-state index contributed by atoms with van der Waals surface area (Å²) >= 11 is 13.6. The van der Waals surface area contributed by atoms with Crippen molar-refractivity contribution in [1.29, 1.82) is 0 Å². The predicted molar refractivity (Wildman–Crippen MR) is 185 cm³/mol. The van der Waals surface area contributed by atoms with Crippen molar-refractivity contribution in [3.63, 3.8) is 0 Å². The average Bonchev–Trinajstić information content (AvgIpc) is 3.40. The van der Waals surface area contributed by atoms with Gasteiger partial charge < -0.3 is 14.7 Å². The zero-order valence-corrected chi connectivity index (χ0v) is 30.0. The maximum absolute atomic E-state index is 15.0. The fraction of sp³-hybridized carbons (Fsp3) is 0.543. The smallest absolute Gasteiger partial charge is 0.263 e. The molecule has 5 aliphatic rings. The molecule has 7 rings (SSSR count). The maximum atomic E-state index is 15.0. The van der Waals surface area contributed by atoms with Gasteiger partial charge in [0.25, 0.3) is 5.91 Å². The van der Waals surface area contributed by atoms with E-state index in [9.17, 15) is 9.59 Å². The largest absolute Gasteiger partial charge is 0.337 e. The van der Waals surface area contributed by atoms with E-state index in [1.54, 1.807) is 18.3 Å². The number of carbonyl (C=O) groups is 2. The number of allylic oxidation sites excluding steroid dienone is 1. The molecule has 1 aromatic heterocycles. The molecule has 1 aromatic carbocycles. The second kappa shape index (κ2) is 11.7. The Hall–Kier alpha value is -2.66. The van der Waals surface area contributed by atoms with Crippen LogP contribution < -0.4 is 0 Å². The molecule has 47 heavy (non-hydrogen) atoms. The fourth-order valence-electron chi connectivity index (χ4n) is 8.15. The van der Waals surface area contributed by atoms with Crippen LogP contribution in [0.5, 0.6) is 0 Å². The number of amides is 2. The highest BCUT2D eigenvalue weighted by Gasteiger charge is 2.56. The lowest BCUT2D eigenvalue weighted by Crippen LogP contribution is -2.62. The van der Waals surface area contributed by atoms with Gasteiger partial charge in [-0.2, -0.15) is 0 Å². The molecule has 1 saturated carbocycles. The number of carbonyl (C=O) groups excluding carboxylic acids is 2. The highest BCUT2D eigenvalue weighted by molar-refractivity contribution is 8.18. The number of pyridine rings is 1. The third kappa shape index (κ3) is 5.29. The Morgan fingerprint density at radius 2 is 1.83 bits per heavy atom. The monoisotopic (exact) mass is 698 g/mol. The standard InChI is InChI=1S/C35H41Cl2FN6O2S/c1-19(2)28-29(32(46)43-20(3)7-11-26(43)31(45)42-17-21(4)41(6)35(18-42)13-14-35)47-33-40-34(5,23-9-12-27(37)39-16-23)30(44(28)33)22-8-10-24(36)25(38)15-22/h8-10,12,15-16,19-21,26,30H,7,11,13-14,17-18H2,1-6H3/t20-,21+,26+,30-,34+/m1/s1. The van der Waals surface area contributed by atoms with Gasteiger partial charge in [-0.15, -0.1) is 0 Å². The first-order valence-corrected chi connectivity index (χ1v) is 18.1. The van der Waals surface area contributed by atoms with Crippen LogP contribution >= 0.6 is 35.0 Å². The maximum Gasteiger partial charge on any atom is 0.263 e. The zero-order chi connectivity index (χ0) is 33.6. The van der Waals surface area contributed by atoms with Crippen molar-refractivity contribution >= 4 is 51.9 Å². The number of likely N-dealkylation sites (tertiary alicyclic amines) is 1. The summed E-state index contributed by atoms with van der Waals surface area (Å²) in [4.78, 5) is 47.5. The number of nitrogens with zero attached hydrogens (tertiary/aromatic N) is 6. The number of piperazine rings is 1. The van der Waals surface area contributed by atoms with Gasteiger partial charge in [-0.1, -0.05) is 49.2 Å². The lowest BCUT2D eigenvalue weighted by molar-refractivity contribution is -0.146. The summed E-state index contributed by atoms with van der Waals surface area (Å²) < 4.78 is 15.0. The third-order valence-electron chi connectivity index (χ3n) is 11.0. The molecule has 0 unspecified atom stereocenters. The minimum Gasteiger partial charge on any atom is -0.337 e.